The lowest BCUT2D eigenvalue weighted by Crippen LogP contribution is -2.48. The second kappa shape index (κ2) is 10.3. The van der Waals surface area contributed by atoms with Crippen LogP contribution < -0.4 is 10.1 Å². The van der Waals surface area contributed by atoms with Gasteiger partial charge in [-0.3, -0.25) is 9.67 Å². The van der Waals surface area contributed by atoms with Gasteiger partial charge in [0.15, 0.2) is 5.96 Å². The van der Waals surface area contributed by atoms with Crippen LogP contribution in [0.25, 0.3) is 0 Å². The Morgan fingerprint density at radius 2 is 2.17 bits per heavy atom. The van der Waals surface area contributed by atoms with Crippen molar-refractivity contribution >= 4 is 5.96 Å². The number of benzene rings is 1. The van der Waals surface area contributed by atoms with Crippen molar-refractivity contribution in [2.45, 2.75) is 32.3 Å². The molecule has 1 N–H and O–H groups in total. The van der Waals surface area contributed by atoms with Crippen LogP contribution in [-0.4, -0.2) is 60.5 Å². The minimum atomic E-state index is 0.0273. The topological polar surface area (TPSA) is 63.9 Å². The molecule has 2 aromatic rings. The summed E-state index contributed by atoms with van der Waals surface area (Å²) < 4.78 is 13.0. The molecular weight excluding hydrogens is 366 g/mol. The van der Waals surface area contributed by atoms with Crippen LogP contribution in [0.15, 0.2) is 41.7 Å². The zero-order valence-corrected chi connectivity index (χ0v) is 18.0. The number of aromatic nitrogens is 2. The fourth-order valence-corrected chi connectivity index (χ4v) is 3.54. The molecule has 0 saturated carbocycles. The maximum Gasteiger partial charge on any atom is 0.194 e. The highest BCUT2D eigenvalue weighted by Crippen LogP contribution is 2.23. The molecule has 29 heavy (non-hydrogen) atoms. The Hall–Kier alpha value is -2.54. The van der Waals surface area contributed by atoms with Gasteiger partial charge in [0.25, 0.3) is 0 Å². The number of ether oxygens (including phenoxy) is 2. The van der Waals surface area contributed by atoms with E-state index in [1.165, 1.54) is 5.56 Å². The maximum absolute atomic E-state index is 5.97. The van der Waals surface area contributed by atoms with E-state index in [9.17, 15) is 0 Å². The van der Waals surface area contributed by atoms with Crippen LogP contribution in [0.3, 0.4) is 0 Å². The summed E-state index contributed by atoms with van der Waals surface area (Å²) >= 11 is 0. The molecule has 1 aromatic heterocycles. The van der Waals surface area contributed by atoms with Crippen molar-refractivity contribution in [3.05, 3.63) is 47.8 Å². The van der Waals surface area contributed by atoms with Gasteiger partial charge in [0.1, 0.15) is 11.9 Å². The molecule has 0 radical (unpaired) electrons. The van der Waals surface area contributed by atoms with Gasteiger partial charge in [-0.1, -0.05) is 19.1 Å². The van der Waals surface area contributed by atoms with Crippen molar-refractivity contribution in [1.29, 1.82) is 0 Å². The Morgan fingerprint density at radius 3 is 2.83 bits per heavy atom. The zero-order valence-electron chi connectivity index (χ0n) is 18.0. The first kappa shape index (κ1) is 21.2. The molecule has 1 aromatic carbocycles. The summed E-state index contributed by atoms with van der Waals surface area (Å²) in [7, 11) is 3.62. The highest BCUT2D eigenvalue weighted by Gasteiger charge is 2.25. The fraction of sp³-hybridized carbons (Fsp3) is 0.545. The molecule has 0 aliphatic carbocycles. The van der Waals surface area contributed by atoms with E-state index in [1.54, 1.807) is 7.11 Å². The molecule has 0 bridgehead atoms. The number of hydrogen-bond acceptors (Lipinski definition) is 4. The first-order valence-electron chi connectivity index (χ1n) is 10.4. The Bertz CT molecular complexity index is 787. The van der Waals surface area contributed by atoms with Crippen LogP contribution in [-0.2, 0) is 11.8 Å². The Kier molecular flexibility index (Phi) is 7.52. The molecule has 1 aliphatic heterocycles. The number of hydrogen-bond donors (Lipinski definition) is 1. The molecule has 2 heterocycles. The van der Waals surface area contributed by atoms with Crippen LogP contribution in [0.2, 0.25) is 0 Å². The average molecular weight is 400 g/mol. The molecule has 0 spiro atoms. The van der Waals surface area contributed by atoms with Crippen molar-refractivity contribution in [3.63, 3.8) is 0 Å². The number of aryl methyl sites for hydroxylation is 1. The summed E-state index contributed by atoms with van der Waals surface area (Å²) in [6, 6.07) is 8.31. The molecule has 3 rings (SSSR count). The molecule has 2 unspecified atom stereocenters. The summed E-state index contributed by atoms with van der Waals surface area (Å²) in [5.74, 6) is 2.30. The largest absolute Gasteiger partial charge is 0.497 e. The van der Waals surface area contributed by atoms with Gasteiger partial charge in [0.05, 0.1) is 26.5 Å². The quantitative estimate of drug-likeness (QED) is 0.573. The van der Waals surface area contributed by atoms with Gasteiger partial charge in [-0.15, -0.1) is 0 Å². The van der Waals surface area contributed by atoms with E-state index in [0.29, 0.717) is 12.5 Å². The Balaban J connectivity index is 1.59. The maximum atomic E-state index is 5.97. The van der Waals surface area contributed by atoms with Gasteiger partial charge in [0.2, 0.25) is 0 Å². The van der Waals surface area contributed by atoms with Gasteiger partial charge < -0.3 is 19.7 Å². The van der Waals surface area contributed by atoms with Crippen LogP contribution in [0.1, 0.15) is 43.4 Å². The molecule has 158 valence electrons. The van der Waals surface area contributed by atoms with E-state index < -0.39 is 0 Å². The smallest absolute Gasteiger partial charge is 0.194 e. The van der Waals surface area contributed by atoms with Crippen molar-refractivity contribution < 1.29 is 9.47 Å². The third-order valence-electron chi connectivity index (χ3n) is 5.31. The molecule has 1 saturated heterocycles. The van der Waals surface area contributed by atoms with Crippen LogP contribution in [0.5, 0.6) is 5.75 Å². The summed E-state index contributed by atoms with van der Waals surface area (Å²) in [6.45, 7) is 8.30. The second-order valence-corrected chi connectivity index (χ2v) is 7.45. The summed E-state index contributed by atoms with van der Waals surface area (Å²) in [5.41, 5.74) is 2.43. The minimum absolute atomic E-state index is 0.0273. The lowest BCUT2D eigenvalue weighted by molar-refractivity contribution is -0.00804. The van der Waals surface area contributed by atoms with E-state index in [-0.39, 0.29) is 6.10 Å². The molecule has 1 fully saturated rings. The zero-order chi connectivity index (χ0) is 20.6. The Morgan fingerprint density at radius 1 is 1.38 bits per heavy atom. The number of nitrogens with zero attached hydrogens (tertiary/aromatic N) is 4. The number of morpholine rings is 1. The molecule has 7 nitrogen and oxygen atoms in total. The average Bonchev–Trinajstić information content (AvgIpc) is 3.19. The van der Waals surface area contributed by atoms with E-state index in [1.807, 2.05) is 36.3 Å². The van der Waals surface area contributed by atoms with E-state index in [0.717, 1.165) is 49.9 Å². The minimum Gasteiger partial charge on any atom is -0.497 e. The number of aliphatic imine (C=N–C) groups is 1. The highest BCUT2D eigenvalue weighted by molar-refractivity contribution is 5.80. The first-order chi connectivity index (χ1) is 14.1. The van der Waals surface area contributed by atoms with Crippen molar-refractivity contribution in [2.24, 2.45) is 12.0 Å². The third kappa shape index (κ3) is 5.73. The van der Waals surface area contributed by atoms with Crippen molar-refractivity contribution in [2.75, 3.05) is 39.9 Å². The number of rotatable bonds is 7. The summed E-state index contributed by atoms with van der Waals surface area (Å²) in [6.07, 6.45) is 4.93. The first-order valence-corrected chi connectivity index (χ1v) is 10.4. The van der Waals surface area contributed by atoms with Crippen LogP contribution >= 0.6 is 0 Å². The predicted octanol–water partition coefficient (Wildman–Crippen LogP) is 2.96. The number of nitrogens with one attached hydrogen (secondary N) is 1. The van der Waals surface area contributed by atoms with E-state index in [2.05, 4.69) is 41.3 Å². The lowest BCUT2D eigenvalue weighted by Gasteiger charge is -2.34. The Labute approximate surface area is 173 Å². The van der Waals surface area contributed by atoms with Gasteiger partial charge in [-0.25, -0.2) is 0 Å². The highest BCUT2D eigenvalue weighted by atomic mass is 16.5. The second-order valence-electron chi connectivity index (χ2n) is 7.45. The van der Waals surface area contributed by atoms with E-state index >= 15 is 0 Å². The third-order valence-corrected chi connectivity index (χ3v) is 5.31. The molecule has 1 aliphatic rings. The fourth-order valence-electron chi connectivity index (χ4n) is 3.54. The molecule has 2 atom stereocenters. The molecule has 0 amide bonds. The lowest BCUT2D eigenvalue weighted by atomic mass is 9.98. The SMILES string of the molecule is CCNC(=NCCC(C)c1ccc(OC)cc1)N1CCOC(c2cnn(C)c2)C1. The predicted molar refractivity (Wildman–Crippen MR) is 115 cm³/mol. The number of guanidine groups is 1. The standard InChI is InChI=1S/C22H33N5O2/c1-5-23-22(24-11-10-17(2)18-6-8-20(28-4)9-7-18)27-12-13-29-21(16-27)19-14-25-26(3)15-19/h6-9,14-15,17,21H,5,10-13,16H2,1-4H3,(H,23,24). The summed E-state index contributed by atoms with van der Waals surface area (Å²) in [4.78, 5) is 7.19. The van der Waals surface area contributed by atoms with Gasteiger partial charge in [-0.2, -0.15) is 5.10 Å². The van der Waals surface area contributed by atoms with Crippen molar-refractivity contribution in [3.8, 4) is 5.75 Å². The van der Waals surface area contributed by atoms with Gasteiger partial charge in [0, 0.05) is 38.4 Å². The summed E-state index contributed by atoms with van der Waals surface area (Å²) in [5, 5.41) is 7.71. The van der Waals surface area contributed by atoms with Crippen molar-refractivity contribution in [1.82, 2.24) is 20.0 Å². The molecule has 7 heteroatoms. The van der Waals surface area contributed by atoms with E-state index in [4.69, 9.17) is 14.5 Å². The van der Waals surface area contributed by atoms with Gasteiger partial charge >= 0.3 is 0 Å². The molecular formula is C22H33N5O2. The van der Waals surface area contributed by atoms with Crippen LogP contribution in [0.4, 0.5) is 0 Å². The normalized spacial score (nSPS) is 18.6. The van der Waals surface area contributed by atoms with Gasteiger partial charge in [-0.05, 0) is 37.0 Å². The van der Waals surface area contributed by atoms with Crippen LogP contribution in [0, 0.1) is 0 Å². The monoisotopic (exact) mass is 399 g/mol. The number of methoxy groups -OCH3 is 1.